The monoisotopic (exact) mass is 206 g/mol. The van der Waals surface area contributed by atoms with E-state index in [-0.39, 0.29) is 5.69 Å². The van der Waals surface area contributed by atoms with Crippen molar-refractivity contribution >= 4 is 11.7 Å². The van der Waals surface area contributed by atoms with Gasteiger partial charge in [0.25, 0.3) is 0 Å². The smallest absolute Gasteiger partial charge is 0.354 e. The summed E-state index contributed by atoms with van der Waals surface area (Å²) in [5.41, 5.74) is 2.11. The summed E-state index contributed by atoms with van der Waals surface area (Å²) >= 11 is 0. The van der Waals surface area contributed by atoms with Crippen molar-refractivity contribution < 1.29 is 9.90 Å². The van der Waals surface area contributed by atoms with Crippen LogP contribution in [0.25, 0.3) is 0 Å². The standard InChI is InChI=1S/C11H14N2O2/c1-8(2)5-6-12-9-3-4-10(11(14)15)13-7-9/h3-5,7,12H,6H2,1-2H3,(H,14,15). The summed E-state index contributed by atoms with van der Waals surface area (Å²) in [6.45, 7) is 4.76. The third-order valence-electron chi connectivity index (χ3n) is 1.80. The number of nitrogens with zero attached hydrogens (tertiary/aromatic N) is 1. The normalized spacial score (nSPS) is 9.47. The number of aromatic carboxylic acids is 1. The number of pyridine rings is 1. The van der Waals surface area contributed by atoms with E-state index in [0.29, 0.717) is 0 Å². The highest BCUT2D eigenvalue weighted by atomic mass is 16.4. The zero-order chi connectivity index (χ0) is 11.3. The molecule has 0 amide bonds. The zero-order valence-corrected chi connectivity index (χ0v) is 8.82. The molecular formula is C11H14N2O2. The van der Waals surface area contributed by atoms with Gasteiger partial charge in [-0.05, 0) is 26.0 Å². The quantitative estimate of drug-likeness (QED) is 0.741. The number of carboxylic acid groups (broad SMARTS) is 1. The van der Waals surface area contributed by atoms with Crippen molar-refractivity contribution in [2.45, 2.75) is 13.8 Å². The van der Waals surface area contributed by atoms with E-state index in [9.17, 15) is 4.79 Å². The Morgan fingerprint density at radius 1 is 1.53 bits per heavy atom. The fraction of sp³-hybridized carbons (Fsp3) is 0.273. The predicted octanol–water partition coefficient (Wildman–Crippen LogP) is 2.16. The van der Waals surface area contributed by atoms with Crippen LogP contribution >= 0.6 is 0 Å². The molecule has 1 aromatic rings. The Balaban J connectivity index is 2.57. The van der Waals surface area contributed by atoms with Crippen molar-refractivity contribution in [2.75, 3.05) is 11.9 Å². The molecular weight excluding hydrogens is 192 g/mol. The SMILES string of the molecule is CC(C)=CCNc1ccc(C(=O)O)nc1. The fourth-order valence-electron chi connectivity index (χ4n) is 0.998. The first-order chi connectivity index (χ1) is 7.09. The predicted molar refractivity (Wildman–Crippen MR) is 59.1 cm³/mol. The van der Waals surface area contributed by atoms with Crippen molar-refractivity contribution in [1.29, 1.82) is 0 Å². The van der Waals surface area contributed by atoms with Crippen LogP contribution in [-0.4, -0.2) is 22.6 Å². The molecule has 0 atom stereocenters. The molecule has 0 saturated carbocycles. The van der Waals surface area contributed by atoms with E-state index < -0.39 is 5.97 Å². The molecule has 4 heteroatoms. The number of allylic oxidation sites excluding steroid dienone is 1. The molecule has 0 aliphatic carbocycles. The van der Waals surface area contributed by atoms with Crippen LogP contribution in [0, 0.1) is 0 Å². The van der Waals surface area contributed by atoms with Crippen molar-refractivity contribution in [3.63, 3.8) is 0 Å². The first-order valence-corrected chi connectivity index (χ1v) is 4.66. The molecule has 4 nitrogen and oxygen atoms in total. The van der Waals surface area contributed by atoms with Gasteiger partial charge in [-0.3, -0.25) is 0 Å². The van der Waals surface area contributed by atoms with Crippen LogP contribution in [-0.2, 0) is 0 Å². The van der Waals surface area contributed by atoms with Gasteiger partial charge < -0.3 is 10.4 Å². The first-order valence-electron chi connectivity index (χ1n) is 4.66. The van der Waals surface area contributed by atoms with Crippen LogP contribution in [0.5, 0.6) is 0 Å². The van der Waals surface area contributed by atoms with Gasteiger partial charge in [-0.1, -0.05) is 11.6 Å². The van der Waals surface area contributed by atoms with Crippen LogP contribution in [0.15, 0.2) is 30.0 Å². The van der Waals surface area contributed by atoms with Gasteiger partial charge in [0.2, 0.25) is 0 Å². The second-order valence-electron chi connectivity index (χ2n) is 3.40. The topological polar surface area (TPSA) is 62.2 Å². The van der Waals surface area contributed by atoms with Gasteiger partial charge in [-0.15, -0.1) is 0 Å². The highest BCUT2D eigenvalue weighted by molar-refractivity contribution is 5.85. The number of carbonyl (C=O) groups is 1. The second kappa shape index (κ2) is 5.14. The van der Waals surface area contributed by atoms with Crippen LogP contribution < -0.4 is 5.32 Å². The lowest BCUT2D eigenvalue weighted by molar-refractivity contribution is 0.0690. The molecule has 2 N–H and O–H groups in total. The number of anilines is 1. The first kappa shape index (κ1) is 11.2. The Bertz CT molecular complexity index is 365. The second-order valence-corrected chi connectivity index (χ2v) is 3.40. The van der Waals surface area contributed by atoms with Crippen molar-refractivity contribution in [3.05, 3.63) is 35.7 Å². The molecule has 0 fully saturated rings. The Kier molecular flexibility index (Phi) is 3.85. The highest BCUT2D eigenvalue weighted by Gasteiger charge is 2.02. The molecule has 15 heavy (non-hydrogen) atoms. The fourth-order valence-corrected chi connectivity index (χ4v) is 0.998. The third kappa shape index (κ3) is 3.81. The summed E-state index contributed by atoms with van der Waals surface area (Å²) in [6, 6.07) is 3.18. The molecule has 80 valence electrons. The van der Waals surface area contributed by atoms with Crippen LogP contribution in [0.3, 0.4) is 0 Å². The number of aromatic nitrogens is 1. The van der Waals surface area contributed by atoms with Gasteiger partial charge in [0.05, 0.1) is 11.9 Å². The van der Waals surface area contributed by atoms with E-state index in [4.69, 9.17) is 5.11 Å². The van der Waals surface area contributed by atoms with Crippen molar-refractivity contribution in [1.82, 2.24) is 4.98 Å². The highest BCUT2D eigenvalue weighted by Crippen LogP contribution is 2.05. The molecule has 0 saturated heterocycles. The molecule has 0 radical (unpaired) electrons. The van der Waals surface area contributed by atoms with Gasteiger partial charge in [0.1, 0.15) is 5.69 Å². The van der Waals surface area contributed by atoms with Crippen molar-refractivity contribution in [2.24, 2.45) is 0 Å². The van der Waals surface area contributed by atoms with Crippen molar-refractivity contribution in [3.8, 4) is 0 Å². The summed E-state index contributed by atoms with van der Waals surface area (Å²) in [4.78, 5) is 14.3. The van der Waals surface area contributed by atoms with E-state index >= 15 is 0 Å². The van der Waals surface area contributed by atoms with Gasteiger partial charge in [-0.25, -0.2) is 9.78 Å². The molecule has 1 rings (SSSR count). The number of hydrogen-bond acceptors (Lipinski definition) is 3. The van der Waals surface area contributed by atoms with E-state index in [1.165, 1.54) is 17.8 Å². The summed E-state index contributed by atoms with van der Waals surface area (Å²) in [5.74, 6) is -1.01. The molecule has 0 aliphatic rings. The Morgan fingerprint density at radius 2 is 2.27 bits per heavy atom. The summed E-state index contributed by atoms with van der Waals surface area (Å²) in [5, 5.41) is 11.7. The minimum atomic E-state index is -1.01. The maximum absolute atomic E-state index is 10.5. The molecule has 0 aliphatic heterocycles. The van der Waals surface area contributed by atoms with Gasteiger partial charge >= 0.3 is 5.97 Å². The largest absolute Gasteiger partial charge is 0.477 e. The molecule has 0 bridgehead atoms. The summed E-state index contributed by atoms with van der Waals surface area (Å²) < 4.78 is 0. The zero-order valence-electron chi connectivity index (χ0n) is 8.82. The molecule has 0 spiro atoms. The van der Waals surface area contributed by atoms with Crippen LogP contribution in [0.4, 0.5) is 5.69 Å². The maximum atomic E-state index is 10.5. The minimum absolute atomic E-state index is 0.0581. The molecule has 1 heterocycles. The molecule has 1 aromatic heterocycles. The van der Waals surface area contributed by atoms with Gasteiger partial charge in [-0.2, -0.15) is 0 Å². The number of carboxylic acids is 1. The number of nitrogens with one attached hydrogen (secondary N) is 1. The lowest BCUT2D eigenvalue weighted by Crippen LogP contribution is -2.03. The third-order valence-corrected chi connectivity index (χ3v) is 1.80. The molecule has 0 unspecified atom stereocenters. The van der Waals surface area contributed by atoms with Gasteiger partial charge in [0, 0.05) is 6.54 Å². The number of hydrogen-bond donors (Lipinski definition) is 2. The van der Waals surface area contributed by atoms with Crippen LogP contribution in [0.1, 0.15) is 24.3 Å². The number of rotatable bonds is 4. The lowest BCUT2D eigenvalue weighted by Gasteiger charge is -2.03. The Hall–Kier alpha value is -1.84. The summed E-state index contributed by atoms with van der Waals surface area (Å²) in [6.07, 6.45) is 3.56. The van der Waals surface area contributed by atoms with E-state index in [2.05, 4.69) is 10.3 Å². The average molecular weight is 206 g/mol. The Labute approximate surface area is 88.7 Å². The summed E-state index contributed by atoms with van der Waals surface area (Å²) in [7, 11) is 0. The Morgan fingerprint density at radius 3 is 2.73 bits per heavy atom. The minimum Gasteiger partial charge on any atom is -0.477 e. The lowest BCUT2D eigenvalue weighted by atomic mass is 10.3. The van der Waals surface area contributed by atoms with Gasteiger partial charge in [0.15, 0.2) is 0 Å². The van der Waals surface area contributed by atoms with Crippen LogP contribution in [0.2, 0.25) is 0 Å². The van der Waals surface area contributed by atoms with E-state index in [1.54, 1.807) is 6.07 Å². The maximum Gasteiger partial charge on any atom is 0.354 e. The van der Waals surface area contributed by atoms with E-state index in [0.717, 1.165) is 12.2 Å². The van der Waals surface area contributed by atoms with E-state index in [1.807, 2.05) is 19.9 Å². The molecule has 0 aromatic carbocycles. The average Bonchev–Trinajstić information content (AvgIpc) is 2.18.